The van der Waals surface area contributed by atoms with Gasteiger partial charge in [0.05, 0.1) is 18.8 Å². The van der Waals surface area contributed by atoms with E-state index in [9.17, 15) is 0 Å². The van der Waals surface area contributed by atoms with Gasteiger partial charge in [-0.05, 0) is 32.3 Å². The Morgan fingerprint density at radius 3 is 1.89 bits per heavy atom. The molecule has 0 spiro atoms. The third-order valence-corrected chi connectivity index (χ3v) is 2.90. The summed E-state index contributed by atoms with van der Waals surface area (Å²) in [7, 11) is 0. The van der Waals surface area contributed by atoms with Crippen LogP contribution in [0.1, 0.15) is 46.1 Å². The van der Waals surface area contributed by atoms with E-state index in [0.717, 1.165) is 12.8 Å². The van der Waals surface area contributed by atoms with Crippen LogP contribution in [0.2, 0.25) is 0 Å². The van der Waals surface area contributed by atoms with Crippen LogP contribution in [0.15, 0.2) is 30.3 Å². The minimum atomic E-state index is 0.165. The van der Waals surface area contributed by atoms with Crippen molar-refractivity contribution in [1.82, 2.24) is 5.23 Å². The Morgan fingerprint density at radius 2 is 1.44 bits per heavy atom. The third-order valence-electron chi connectivity index (χ3n) is 2.90. The molecule has 0 amide bonds. The quantitative estimate of drug-likeness (QED) is 0.653. The summed E-state index contributed by atoms with van der Waals surface area (Å²) in [5, 5.41) is 1.62. The Balaban J connectivity index is 2.59. The Labute approximate surface area is 111 Å². The Hall–Kier alpha value is -0.900. The standard InChI is InChI=1S/C15H25NO2/c1-5-13(3)17-16(18-14(4)6-2)12-15-10-8-7-9-11-15/h7-11,13-14H,5-6,12H2,1-4H3/t13-,14-/m0/s1. The van der Waals surface area contributed by atoms with Crippen molar-refractivity contribution in [3.05, 3.63) is 35.9 Å². The zero-order chi connectivity index (χ0) is 13.4. The van der Waals surface area contributed by atoms with Gasteiger partial charge < -0.3 is 0 Å². The highest BCUT2D eigenvalue weighted by Gasteiger charge is 2.14. The minimum absolute atomic E-state index is 0.165. The fourth-order valence-electron chi connectivity index (χ4n) is 1.38. The van der Waals surface area contributed by atoms with Gasteiger partial charge in [0, 0.05) is 0 Å². The summed E-state index contributed by atoms with van der Waals surface area (Å²) >= 11 is 0. The zero-order valence-electron chi connectivity index (χ0n) is 11.9. The van der Waals surface area contributed by atoms with E-state index in [1.165, 1.54) is 5.56 Å². The fraction of sp³-hybridized carbons (Fsp3) is 0.600. The van der Waals surface area contributed by atoms with Crippen LogP contribution in [0.3, 0.4) is 0 Å². The molecule has 0 radical (unpaired) electrons. The van der Waals surface area contributed by atoms with Crippen LogP contribution in [0.4, 0.5) is 0 Å². The van der Waals surface area contributed by atoms with Crippen molar-refractivity contribution in [1.29, 1.82) is 0 Å². The molecule has 0 aliphatic rings. The molecule has 0 saturated carbocycles. The Kier molecular flexibility index (Phi) is 6.94. The summed E-state index contributed by atoms with van der Waals surface area (Å²) in [6.45, 7) is 8.97. The van der Waals surface area contributed by atoms with Crippen LogP contribution in [0.5, 0.6) is 0 Å². The first-order chi connectivity index (χ1) is 8.65. The lowest BCUT2D eigenvalue weighted by Crippen LogP contribution is -2.31. The van der Waals surface area contributed by atoms with Crippen molar-refractivity contribution in [3.63, 3.8) is 0 Å². The average Bonchev–Trinajstić information content (AvgIpc) is 2.39. The first kappa shape index (κ1) is 15.2. The average molecular weight is 251 g/mol. The molecule has 0 fully saturated rings. The molecule has 0 aromatic heterocycles. The van der Waals surface area contributed by atoms with Crippen LogP contribution in [0.25, 0.3) is 0 Å². The molecule has 2 atom stereocenters. The van der Waals surface area contributed by atoms with Gasteiger partial charge in [-0.3, -0.25) is 9.68 Å². The van der Waals surface area contributed by atoms with Gasteiger partial charge in [-0.1, -0.05) is 49.4 Å². The molecule has 1 aromatic carbocycles. The second-order valence-electron chi connectivity index (χ2n) is 4.62. The van der Waals surface area contributed by atoms with Crippen molar-refractivity contribution >= 4 is 0 Å². The SMILES string of the molecule is CC[C@H](C)ON(Cc1ccccc1)O[C@@H](C)CC. The second-order valence-corrected chi connectivity index (χ2v) is 4.62. The third kappa shape index (κ3) is 5.63. The molecular formula is C15H25NO2. The highest BCUT2D eigenvalue weighted by Crippen LogP contribution is 2.12. The van der Waals surface area contributed by atoms with Crippen molar-refractivity contribution in [2.75, 3.05) is 0 Å². The number of hydrogen-bond acceptors (Lipinski definition) is 3. The van der Waals surface area contributed by atoms with Gasteiger partial charge in [0.2, 0.25) is 0 Å². The predicted molar refractivity (Wildman–Crippen MR) is 73.7 cm³/mol. The fourth-order valence-corrected chi connectivity index (χ4v) is 1.38. The zero-order valence-corrected chi connectivity index (χ0v) is 11.9. The summed E-state index contributed by atoms with van der Waals surface area (Å²) in [4.78, 5) is 11.6. The molecule has 0 unspecified atom stereocenters. The van der Waals surface area contributed by atoms with E-state index in [1.54, 1.807) is 5.23 Å². The molecule has 3 nitrogen and oxygen atoms in total. The van der Waals surface area contributed by atoms with Gasteiger partial charge in [-0.15, -0.1) is 0 Å². The maximum Gasteiger partial charge on any atom is 0.0789 e. The highest BCUT2D eigenvalue weighted by atomic mass is 17.0. The first-order valence-corrected chi connectivity index (χ1v) is 6.80. The van der Waals surface area contributed by atoms with E-state index >= 15 is 0 Å². The molecule has 18 heavy (non-hydrogen) atoms. The molecule has 102 valence electrons. The van der Waals surface area contributed by atoms with Gasteiger partial charge in [0.15, 0.2) is 0 Å². The maximum atomic E-state index is 5.79. The van der Waals surface area contributed by atoms with E-state index in [-0.39, 0.29) is 12.2 Å². The van der Waals surface area contributed by atoms with E-state index in [1.807, 2.05) is 18.2 Å². The minimum Gasteiger partial charge on any atom is -0.271 e. The molecule has 0 heterocycles. The molecule has 1 rings (SSSR count). The number of nitrogens with zero attached hydrogens (tertiary/aromatic N) is 1. The number of benzene rings is 1. The first-order valence-electron chi connectivity index (χ1n) is 6.80. The second kappa shape index (κ2) is 8.25. The highest BCUT2D eigenvalue weighted by molar-refractivity contribution is 5.13. The lowest BCUT2D eigenvalue weighted by Gasteiger charge is -2.26. The van der Waals surface area contributed by atoms with Crippen LogP contribution in [0, 0.1) is 0 Å². The Morgan fingerprint density at radius 1 is 0.944 bits per heavy atom. The molecule has 0 bridgehead atoms. The lowest BCUT2D eigenvalue weighted by atomic mass is 10.2. The lowest BCUT2D eigenvalue weighted by molar-refractivity contribution is -0.404. The summed E-state index contributed by atoms with van der Waals surface area (Å²) in [6, 6.07) is 10.2. The van der Waals surface area contributed by atoms with Gasteiger partial charge in [-0.25, -0.2) is 0 Å². The van der Waals surface area contributed by atoms with E-state index < -0.39 is 0 Å². The summed E-state index contributed by atoms with van der Waals surface area (Å²) in [6.07, 6.45) is 2.26. The van der Waals surface area contributed by atoms with Crippen LogP contribution >= 0.6 is 0 Å². The largest absolute Gasteiger partial charge is 0.271 e. The normalized spacial score (nSPS) is 14.7. The predicted octanol–water partition coefficient (Wildman–Crippen LogP) is 3.95. The van der Waals surface area contributed by atoms with Gasteiger partial charge in [-0.2, -0.15) is 0 Å². The number of hydroxylamine groups is 2. The van der Waals surface area contributed by atoms with Crippen molar-refractivity contribution in [2.24, 2.45) is 0 Å². The smallest absolute Gasteiger partial charge is 0.0789 e. The molecule has 1 aromatic rings. The summed E-state index contributed by atoms with van der Waals surface area (Å²) < 4.78 is 0. The molecule has 0 aliphatic heterocycles. The van der Waals surface area contributed by atoms with Gasteiger partial charge in [0.1, 0.15) is 0 Å². The molecule has 3 heteroatoms. The topological polar surface area (TPSA) is 21.7 Å². The van der Waals surface area contributed by atoms with E-state index in [2.05, 4.69) is 39.8 Å². The monoisotopic (exact) mass is 251 g/mol. The van der Waals surface area contributed by atoms with Gasteiger partial charge in [0.25, 0.3) is 0 Å². The molecule has 0 aliphatic carbocycles. The van der Waals surface area contributed by atoms with Crippen LogP contribution < -0.4 is 0 Å². The van der Waals surface area contributed by atoms with E-state index in [4.69, 9.17) is 9.68 Å². The molecule has 0 N–H and O–H groups in total. The van der Waals surface area contributed by atoms with E-state index in [0.29, 0.717) is 6.54 Å². The van der Waals surface area contributed by atoms with Crippen LogP contribution in [-0.2, 0) is 16.2 Å². The molecular weight excluding hydrogens is 226 g/mol. The summed E-state index contributed by atoms with van der Waals surface area (Å²) in [5.74, 6) is 0. The maximum absolute atomic E-state index is 5.79. The van der Waals surface area contributed by atoms with Crippen molar-refractivity contribution < 1.29 is 9.68 Å². The van der Waals surface area contributed by atoms with Crippen LogP contribution in [-0.4, -0.2) is 17.4 Å². The van der Waals surface area contributed by atoms with Crippen molar-refractivity contribution in [3.8, 4) is 0 Å². The molecule has 0 saturated heterocycles. The van der Waals surface area contributed by atoms with Crippen molar-refractivity contribution in [2.45, 2.75) is 59.3 Å². The number of rotatable bonds is 8. The Bertz CT molecular complexity index is 304. The van der Waals surface area contributed by atoms with Gasteiger partial charge >= 0.3 is 0 Å². The summed E-state index contributed by atoms with van der Waals surface area (Å²) in [5.41, 5.74) is 1.18. The number of hydrogen-bond donors (Lipinski definition) is 0.